The van der Waals surface area contributed by atoms with E-state index in [2.05, 4.69) is 15.7 Å². The Hall–Kier alpha value is -1.44. The molecule has 110 valence electrons. The van der Waals surface area contributed by atoms with Crippen molar-refractivity contribution in [2.75, 3.05) is 7.05 Å². The molecule has 1 aromatic heterocycles. The van der Waals surface area contributed by atoms with Crippen molar-refractivity contribution in [1.29, 1.82) is 0 Å². The van der Waals surface area contributed by atoms with Crippen LogP contribution in [0, 0.1) is 0 Å². The highest BCUT2D eigenvalue weighted by molar-refractivity contribution is 6.32. The van der Waals surface area contributed by atoms with Crippen LogP contribution >= 0.6 is 11.6 Å². The summed E-state index contributed by atoms with van der Waals surface area (Å²) in [6, 6.07) is -0.518. The first-order valence-corrected chi connectivity index (χ1v) is 5.89. The summed E-state index contributed by atoms with van der Waals surface area (Å²) < 4.78 is 38.3. The molecule has 2 amide bonds. The molecule has 0 saturated carbocycles. The maximum atomic E-state index is 12.4. The third-order valence-electron chi connectivity index (χ3n) is 2.01. The van der Waals surface area contributed by atoms with E-state index >= 15 is 0 Å². The summed E-state index contributed by atoms with van der Waals surface area (Å²) in [6.07, 6.45) is -4.61. The molecule has 0 aliphatic heterocycles. The summed E-state index contributed by atoms with van der Waals surface area (Å²) in [7, 11) is 2.71. The summed E-state index contributed by atoms with van der Waals surface area (Å²) in [5.41, 5.74) is -1.07. The van der Waals surface area contributed by atoms with Crippen molar-refractivity contribution in [3.8, 4) is 0 Å². The highest BCUT2D eigenvalue weighted by Crippen LogP contribution is 2.35. The number of amides is 2. The summed E-state index contributed by atoms with van der Waals surface area (Å²) in [6.45, 7) is 3.86. The second kappa shape index (κ2) is 7.22. The second-order valence-electron chi connectivity index (χ2n) is 3.16. The average molecular weight is 301 g/mol. The van der Waals surface area contributed by atoms with Crippen LogP contribution < -0.4 is 10.6 Å². The molecule has 0 fully saturated rings. The smallest absolute Gasteiger partial charge is 0.341 e. The minimum Gasteiger partial charge on any atom is -0.341 e. The molecule has 5 nitrogen and oxygen atoms in total. The minimum atomic E-state index is -4.61. The summed E-state index contributed by atoms with van der Waals surface area (Å²) in [5.74, 6) is 0. The Kier molecular flexibility index (Phi) is 6.68. The maximum absolute atomic E-state index is 12.4. The van der Waals surface area contributed by atoms with E-state index in [0.717, 1.165) is 4.68 Å². The van der Waals surface area contributed by atoms with Crippen LogP contribution in [0.25, 0.3) is 0 Å². The average Bonchev–Trinajstić information content (AvgIpc) is 2.64. The molecule has 0 aromatic carbocycles. The van der Waals surface area contributed by atoms with Gasteiger partial charge < -0.3 is 10.6 Å². The summed E-state index contributed by atoms with van der Waals surface area (Å²) >= 11 is 5.57. The van der Waals surface area contributed by atoms with Crippen LogP contribution in [0.2, 0.25) is 5.02 Å². The lowest BCUT2D eigenvalue weighted by Gasteiger charge is -2.05. The molecule has 0 aliphatic carbocycles. The number of carbonyl (C=O) groups excluding carboxylic acids is 1. The first kappa shape index (κ1) is 17.6. The van der Waals surface area contributed by atoms with Gasteiger partial charge in [0.15, 0.2) is 5.69 Å². The van der Waals surface area contributed by atoms with Crippen LogP contribution in [0.15, 0.2) is 0 Å². The van der Waals surface area contributed by atoms with Gasteiger partial charge in [-0.1, -0.05) is 25.4 Å². The first-order valence-electron chi connectivity index (χ1n) is 5.51. The van der Waals surface area contributed by atoms with Crippen molar-refractivity contribution in [1.82, 2.24) is 20.4 Å². The lowest BCUT2D eigenvalue weighted by Crippen LogP contribution is -2.32. The van der Waals surface area contributed by atoms with Gasteiger partial charge in [-0.3, -0.25) is 4.68 Å². The van der Waals surface area contributed by atoms with Gasteiger partial charge in [0.2, 0.25) is 0 Å². The number of nitrogens with zero attached hydrogens (tertiary/aromatic N) is 2. The van der Waals surface area contributed by atoms with Crippen LogP contribution in [0.1, 0.15) is 25.2 Å². The molecule has 19 heavy (non-hydrogen) atoms. The van der Waals surface area contributed by atoms with Crippen LogP contribution in [-0.2, 0) is 19.8 Å². The lowest BCUT2D eigenvalue weighted by atomic mass is 10.3. The topological polar surface area (TPSA) is 59.0 Å². The molecule has 0 radical (unpaired) electrons. The van der Waals surface area contributed by atoms with Gasteiger partial charge in [0.05, 0.1) is 17.3 Å². The Morgan fingerprint density at radius 1 is 1.42 bits per heavy atom. The van der Waals surface area contributed by atoms with Gasteiger partial charge in [-0.15, -0.1) is 0 Å². The van der Waals surface area contributed by atoms with E-state index < -0.39 is 22.9 Å². The second-order valence-corrected chi connectivity index (χ2v) is 3.54. The Bertz CT molecular complexity index is 431. The van der Waals surface area contributed by atoms with Gasteiger partial charge in [-0.05, 0) is 0 Å². The van der Waals surface area contributed by atoms with Gasteiger partial charge in [-0.2, -0.15) is 18.3 Å². The number of nitrogens with one attached hydrogen (secondary N) is 2. The summed E-state index contributed by atoms with van der Waals surface area (Å²) in [4.78, 5) is 10.9. The number of aromatic nitrogens is 2. The Morgan fingerprint density at radius 2 is 1.95 bits per heavy atom. The van der Waals surface area contributed by atoms with Gasteiger partial charge in [0, 0.05) is 14.1 Å². The quantitative estimate of drug-likeness (QED) is 0.882. The molecule has 1 aromatic rings. The Labute approximate surface area is 114 Å². The zero-order valence-electron chi connectivity index (χ0n) is 11.0. The van der Waals surface area contributed by atoms with Crippen LogP contribution in [0.5, 0.6) is 0 Å². The fourth-order valence-electron chi connectivity index (χ4n) is 1.16. The molecule has 1 heterocycles. The molecule has 0 saturated heterocycles. The van der Waals surface area contributed by atoms with Crippen LogP contribution in [0.3, 0.4) is 0 Å². The molecular formula is C10H16ClF3N4O. The lowest BCUT2D eigenvalue weighted by molar-refractivity contribution is -0.141. The SMILES string of the molecule is CC.CNC(=O)NCc1c(Cl)c(C(F)(F)F)nn1C. The maximum Gasteiger partial charge on any atom is 0.436 e. The molecular weight excluding hydrogens is 285 g/mol. The van der Waals surface area contributed by atoms with E-state index in [4.69, 9.17) is 11.6 Å². The van der Waals surface area contributed by atoms with E-state index in [9.17, 15) is 18.0 Å². The number of hydrogen-bond donors (Lipinski definition) is 2. The normalized spacial score (nSPS) is 10.5. The fourth-order valence-corrected chi connectivity index (χ4v) is 1.49. The number of alkyl halides is 3. The van der Waals surface area contributed by atoms with Crippen molar-refractivity contribution in [2.45, 2.75) is 26.6 Å². The molecule has 9 heteroatoms. The molecule has 2 N–H and O–H groups in total. The van der Waals surface area contributed by atoms with Gasteiger partial charge in [-0.25, -0.2) is 4.79 Å². The Morgan fingerprint density at radius 3 is 2.32 bits per heavy atom. The van der Waals surface area contributed by atoms with Crippen LogP contribution in [-0.4, -0.2) is 22.9 Å². The highest BCUT2D eigenvalue weighted by atomic mass is 35.5. The van der Waals surface area contributed by atoms with Crippen molar-refractivity contribution in [2.24, 2.45) is 7.05 Å². The zero-order valence-corrected chi connectivity index (χ0v) is 11.8. The first-order chi connectivity index (χ1) is 8.77. The third kappa shape index (κ3) is 4.62. The van der Waals surface area contributed by atoms with E-state index in [-0.39, 0.29) is 12.2 Å². The van der Waals surface area contributed by atoms with Gasteiger partial charge >= 0.3 is 12.2 Å². The van der Waals surface area contributed by atoms with Crippen LogP contribution in [0.4, 0.5) is 18.0 Å². The zero-order chi connectivity index (χ0) is 15.2. The molecule has 0 spiro atoms. The predicted octanol–water partition coefficient (Wildman–Crippen LogP) is 2.55. The molecule has 0 unspecified atom stereocenters. The van der Waals surface area contributed by atoms with Crippen molar-refractivity contribution in [3.05, 3.63) is 16.4 Å². The van der Waals surface area contributed by atoms with Gasteiger partial charge in [0.25, 0.3) is 0 Å². The number of hydrogen-bond acceptors (Lipinski definition) is 2. The van der Waals surface area contributed by atoms with E-state index in [1.807, 2.05) is 13.8 Å². The van der Waals surface area contributed by atoms with E-state index in [0.29, 0.717) is 0 Å². The van der Waals surface area contributed by atoms with Crippen molar-refractivity contribution < 1.29 is 18.0 Å². The molecule has 0 aliphatic rings. The molecule has 0 bridgehead atoms. The standard InChI is InChI=1S/C8H10ClF3N4O.C2H6/c1-13-7(17)14-3-4-5(9)6(8(10,11)12)15-16(4)2;1-2/h3H2,1-2H3,(H2,13,14,17);1-2H3. The van der Waals surface area contributed by atoms with Crippen molar-refractivity contribution in [3.63, 3.8) is 0 Å². The number of aryl methyl sites for hydroxylation is 1. The Balaban J connectivity index is 0.00000154. The number of rotatable bonds is 2. The summed E-state index contributed by atoms with van der Waals surface area (Å²) in [5, 5.41) is 7.37. The number of urea groups is 1. The van der Waals surface area contributed by atoms with Crippen molar-refractivity contribution >= 4 is 17.6 Å². The number of halogens is 4. The van der Waals surface area contributed by atoms with E-state index in [1.165, 1.54) is 14.1 Å². The van der Waals surface area contributed by atoms with E-state index in [1.54, 1.807) is 0 Å². The molecule has 0 atom stereocenters. The van der Waals surface area contributed by atoms with Gasteiger partial charge in [0.1, 0.15) is 0 Å². The number of carbonyl (C=O) groups is 1. The highest BCUT2D eigenvalue weighted by Gasteiger charge is 2.38. The largest absolute Gasteiger partial charge is 0.436 e. The molecule has 1 rings (SSSR count). The predicted molar refractivity (Wildman–Crippen MR) is 65.9 cm³/mol. The monoisotopic (exact) mass is 300 g/mol. The third-order valence-corrected chi connectivity index (χ3v) is 2.41. The fraction of sp³-hybridized carbons (Fsp3) is 0.600. The minimum absolute atomic E-state index is 0.0857.